The maximum Gasteiger partial charge on any atom is 0.167 e. The zero-order chi connectivity index (χ0) is 15.6. The van der Waals surface area contributed by atoms with Gasteiger partial charge in [-0.3, -0.25) is 4.79 Å². The van der Waals surface area contributed by atoms with Gasteiger partial charge in [-0.1, -0.05) is 45.0 Å². The quantitative estimate of drug-likeness (QED) is 0.749. The van der Waals surface area contributed by atoms with Crippen LogP contribution >= 0.6 is 0 Å². The van der Waals surface area contributed by atoms with E-state index >= 15 is 0 Å². The zero-order valence-electron chi connectivity index (χ0n) is 12.4. The minimum absolute atomic E-state index is 0.0498. The molecule has 0 heterocycles. The predicted molar refractivity (Wildman–Crippen MR) is 79.5 cm³/mol. The second-order valence-corrected chi connectivity index (χ2v) is 6.21. The molecular weight excluding hydrogens is 270 g/mol. The Labute approximate surface area is 123 Å². The summed E-state index contributed by atoms with van der Waals surface area (Å²) in [6, 6.07) is 10.6. The topological polar surface area (TPSA) is 17.1 Å². The van der Waals surface area contributed by atoms with Gasteiger partial charge in [-0.25, -0.2) is 8.78 Å². The minimum atomic E-state index is -0.735. The van der Waals surface area contributed by atoms with Gasteiger partial charge in [-0.05, 0) is 28.7 Å². The number of hydrogen-bond donors (Lipinski definition) is 0. The van der Waals surface area contributed by atoms with Gasteiger partial charge in [0.25, 0.3) is 0 Å². The Morgan fingerprint density at radius 2 is 1.48 bits per heavy atom. The van der Waals surface area contributed by atoms with Crippen LogP contribution in [0.5, 0.6) is 0 Å². The highest BCUT2D eigenvalue weighted by atomic mass is 19.1. The van der Waals surface area contributed by atoms with Gasteiger partial charge in [-0.2, -0.15) is 0 Å². The van der Waals surface area contributed by atoms with Crippen LogP contribution in [-0.2, 0) is 11.8 Å². The first-order valence-electron chi connectivity index (χ1n) is 6.84. The lowest BCUT2D eigenvalue weighted by Gasteiger charge is -2.19. The normalized spacial score (nSPS) is 11.5. The fourth-order valence-electron chi connectivity index (χ4n) is 2.12. The Morgan fingerprint density at radius 3 is 1.95 bits per heavy atom. The number of ketones is 1. The molecule has 2 rings (SSSR count). The molecule has 0 radical (unpaired) electrons. The van der Waals surface area contributed by atoms with Gasteiger partial charge in [0, 0.05) is 18.1 Å². The highest BCUT2D eigenvalue weighted by Gasteiger charge is 2.14. The third kappa shape index (κ3) is 3.97. The Kier molecular flexibility index (Phi) is 4.21. The van der Waals surface area contributed by atoms with Crippen molar-refractivity contribution in [3.8, 4) is 0 Å². The smallest absolute Gasteiger partial charge is 0.167 e. The molecule has 0 aliphatic carbocycles. The van der Waals surface area contributed by atoms with Crippen LogP contribution in [0, 0.1) is 11.6 Å². The standard InChI is InChI=1S/C18H18F2O/c1-18(2,3)14-6-4-12(5-7-14)8-17(21)13-9-15(19)11-16(20)10-13/h4-7,9-11H,8H2,1-3H3. The molecule has 0 saturated heterocycles. The molecule has 0 aromatic heterocycles. The highest BCUT2D eigenvalue weighted by molar-refractivity contribution is 5.97. The van der Waals surface area contributed by atoms with Crippen LogP contribution in [0.4, 0.5) is 8.78 Å². The molecule has 0 atom stereocenters. The molecule has 0 unspecified atom stereocenters. The molecule has 110 valence electrons. The molecule has 0 fully saturated rings. The van der Waals surface area contributed by atoms with Crippen molar-refractivity contribution in [3.05, 3.63) is 70.8 Å². The lowest BCUT2D eigenvalue weighted by molar-refractivity contribution is 0.0992. The van der Waals surface area contributed by atoms with E-state index in [0.29, 0.717) is 0 Å². The lowest BCUT2D eigenvalue weighted by Crippen LogP contribution is -2.11. The van der Waals surface area contributed by atoms with E-state index in [0.717, 1.165) is 23.8 Å². The van der Waals surface area contributed by atoms with Gasteiger partial charge in [-0.15, -0.1) is 0 Å². The Bertz CT molecular complexity index is 632. The van der Waals surface area contributed by atoms with Gasteiger partial charge >= 0.3 is 0 Å². The van der Waals surface area contributed by atoms with E-state index in [2.05, 4.69) is 20.8 Å². The van der Waals surface area contributed by atoms with Crippen molar-refractivity contribution in [3.63, 3.8) is 0 Å². The second-order valence-electron chi connectivity index (χ2n) is 6.21. The van der Waals surface area contributed by atoms with Crippen molar-refractivity contribution >= 4 is 5.78 Å². The molecule has 0 spiro atoms. The van der Waals surface area contributed by atoms with Gasteiger partial charge in [0.05, 0.1) is 0 Å². The van der Waals surface area contributed by atoms with Crippen LogP contribution in [0.25, 0.3) is 0 Å². The van der Waals surface area contributed by atoms with Gasteiger partial charge in [0.1, 0.15) is 11.6 Å². The van der Waals surface area contributed by atoms with Crippen LogP contribution in [0.15, 0.2) is 42.5 Å². The summed E-state index contributed by atoms with van der Waals surface area (Å²) in [6.07, 6.45) is 0.132. The third-order valence-electron chi connectivity index (χ3n) is 3.37. The van der Waals surface area contributed by atoms with Crippen LogP contribution < -0.4 is 0 Å². The molecule has 0 aliphatic rings. The summed E-state index contributed by atoms with van der Waals surface area (Å²) in [4.78, 5) is 12.1. The Morgan fingerprint density at radius 1 is 0.952 bits per heavy atom. The van der Waals surface area contributed by atoms with E-state index in [1.165, 1.54) is 5.56 Å². The summed E-state index contributed by atoms with van der Waals surface area (Å²) in [7, 11) is 0. The van der Waals surface area contributed by atoms with Crippen LogP contribution in [0.2, 0.25) is 0 Å². The molecule has 0 bridgehead atoms. The molecule has 0 aliphatic heterocycles. The predicted octanol–water partition coefficient (Wildman–Crippen LogP) is 4.69. The number of halogens is 2. The van der Waals surface area contributed by atoms with Crippen molar-refractivity contribution in [2.24, 2.45) is 0 Å². The monoisotopic (exact) mass is 288 g/mol. The summed E-state index contributed by atoms with van der Waals surface area (Å²) < 4.78 is 26.2. The van der Waals surface area contributed by atoms with Gasteiger partial charge in [0.15, 0.2) is 5.78 Å². The number of Topliss-reactive ketones (excluding diaryl/α,β-unsaturated/α-hetero) is 1. The van der Waals surface area contributed by atoms with E-state index in [4.69, 9.17) is 0 Å². The minimum Gasteiger partial charge on any atom is -0.294 e. The van der Waals surface area contributed by atoms with Crippen LogP contribution in [-0.4, -0.2) is 5.78 Å². The molecule has 0 amide bonds. The molecule has 0 N–H and O–H groups in total. The zero-order valence-corrected chi connectivity index (χ0v) is 12.4. The van der Waals surface area contributed by atoms with E-state index in [1.54, 1.807) is 0 Å². The SMILES string of the molecule is CC(C)(C)c1ccc(CC(=O)c2cc(F)cc(F)c2)cc1. The first kappa shape index (κ1) is 15.4. The second kappa shape index (κ2) is 5.76. The third-order valence-corrected chi connectivity index (χ3v) is 3.37. The number of carbonyl (C=O) groups is 1. The summed E-state index contributed by atoms with van der Waals surface area (Å²) >= 11 is 0. The average Bonchev–Trinajstić information content (AvgIpc) is 2.37. The maximum absolute atomic E-state index is 13.1. The van der Waals surface area contributed by atoms with Crippen LogP contribution in [0.3, 0.4) is 0 Å². The Hall–Kier alpha value is -2.03. The maximum atomic E-state index is 13.1. The molecule has 3 heteroatoms. The van der Waals surface area contributed by atoms with Crippen molar-refractivity contribution in [2.75, 3.05) is 0 Å². The molecule has 2 aromatic rings. The largest absolute Gasteiger partial charge is 0.294 e. The lowest BCUT2D eigenvalue weighted by atomic mass is 9.86. The van der Waals surface area contributed by atoms with E-state index in [-0.39, 0.29) is 23.2 Å². The van der Waals surface area contributed by atoms with Crippen molar-refractivity contribution in [1.29, 1.82) is 0 Å². The number of benzene rings is 2. The molecule has 0 saturated carbocycles. The summed E-state index contributed by atoms with van der Waals surface area (Å²) in [5.74, 6) is -1.76. The number of rotatable bonds is 3. The van der Waals surface area contributed by atoms with Crippen molar-refractivity contribution < 1.29 is 13.6 Å². The van der Waals surface area contributed by atoms with E-state index in [1.807, 2.05) is 24.3 Å². The first-order chi connectivity index (χ1) is 9.75. The van der Waals surface area contributed by atoms with Crippen LogP contribution in [0.1, 0.15) is 42.3 Å². The Balaban J connectivity index is 2.16. The summed E-state index contributed by atoms with van der Waals surface area (Å²) in [6.45, 7) is 6.34. The first-order valence-corrected chi connectivity index (χ1v) is 6.84. The molecular formula is C18H18F2O. The van der Waals surface area contributed by atoms with Crippen molar-refractivity contribution in [1.82, 2.24) is 0 Å². The average molecular weight is 288 g/mol. The number of hydrogen-bond acceptors (Lipinski definition) is 1. The van der Waals surface area contributed by atoms with Gasteiger partial charge < -0.3 is 0 Å². The van der Waals surface area contributed by atoms with E-state index < -0.39 is 11.6 Å². The van der Waals surface area contributed by atoms with E-state index in [9.17, 15) is 13.6 Å². The highest BCUT2D eigenvalue weighted by Crippen LogP contribution is 2.22. The number of carbonyl (C=O) groups excluding carboxylic acids is 1. The molecule has 21 heavy (non-hydrogen) atoms. The summed E-state index contributed by atoms with van der Waals surface area (Å²) in [5, 5.41) is 0. The molecule has 2 aromatic carbocycles. The fraction of sp³-hybridized carbons (Fsp3) is 0.278. The molecule has 1 nitrogen and oxygen atoms in total. The summed E-state index contributed by atoms with van der Waals surface area (Å²) in [5.41, 5.74) is 2.12. The van der Waals surface area contributed by atoms with Gasteiger partial charge in [0.2, 0.25) is 0 Å². The van der Waals surface area contributed by atoms with Crippen molar-refractivity contribution in [2.45, 2.75) is 32.6 Å². The fourth-order valence-corrected chi connectivity index (χ4v) is 2.12.